The van der Waals surface area contributed by atoms with E-state index in [1.807, 2.05) is 0 Å². The van der Waals surface area contributed by atoms with Crippen molar-refractivity contribution in [3.63, 3.8) is 0 Å². The molecule has 0 bridgehead atoms. The summed E-state index contributed by atoms with van der Waals surface area (Å²) in [6, 6.07) is 2.66. The summed E-state index contributed by atoms with van der Waals surface area (Å²) in [4.78, 5) is 34.8. The standard InChI is InChI=1S/C28H27ClF5N9O3/c1-42-13-20(29)24(41-42)23-19(28(32,33)34)12-36-25(40-23)39-17-3-5-18(6-4-17)43(27(44)46-14-21(30)31)22-9-15(7-8-35-22)16-10-37-26(45-2)38-11-16/h7-13,17-18,21H,3-6,14H2,1-2H3,(H,36,39,40)/t17-,18-. The molecule has 1 aliphatic carbocycles. The maximum atomic E-state index is 13.8. The molecule has 0 aromatic carbocycles. The van der Waals surface area contributed by atoms with Gasteiger partial charge in [0.05, 0.1) is 12.1 Å². The lowest BCUT2D eigenvalue weighted by Crippen LogP contribution is -2.45. The van der Waals surface area contributed by atoms with Crippen molar-refractivity contribution >= 4 is 29.5 Å². The number of nitrogens with zero attached hydrogens (tertiary/aromatic N) is 8. The fraction of sp³-hybridized carbons (Fsp3) is 0.393. The highest BCUT2D eigenvalue weighted by atomic mass is 35.5. The molecule has 0 saturated heterocycles. The second-order valence-electron chi connectivity index (χ2n) is 10.3. The fourth-order valence-electron chi connectivity index (χ4n) is 5.05. The molecule has 0 spiro atoms. The Morgan fingerprint density at radius 3 is 2.41 bits per heavy atom. The van der Waals surface area contributed by atoms with Gasteiger partial charge >= 0.3 is 18.3 Å². The van der Waals surface area contributed by atoms with Gasteiger partial charge in [0.25, 0.3) is 6.43 Å². The lowest BCUT2D eigenvalue weighted by molar-refractivity contribution is -0.137. The van der Waals surface area contributed by atoms with Gasteiger partial charge < -0.3 is 14.8 Å². The Balaban J connectivity index is 1.34. The Morgan fingerprint density at radius 2 is 1.80 bits per heavy atom. The number of methoxy groups -OCH3 is 1. The van der Waals surface area contributed by atoms with Crippen LogP contribution in [0.1, 0.15) is 31.2 Å². The van der Waals surface area contributed by atoms with Gasteiger partial charge in [-0.1, -0.05) is 11.6 Å². The summed E-state index contributed by atoms with van der Waals surface area (Å²) in [5.74, 6) is 0.115. The predicted molar refractivity (Wildman–Crippen MR) is 156 cm³/mol. The maximum Gasteiger partial charge on any atom is 0.420 e. The van der Waals surface area contributed by atoms with E-state index < -0.39 is 42.6 Å². The molecule has 4 aromatic heterocycles. The van der Waals surface area contributed by atoms with E-state index in [9.17, 15) is 26.7 Å². The normalized spacial score (nSPS) is 16.7. The van der Waals surface area contributed by atoms with Crippen molar-refractivity contribution in [2.45, 2.75) is 50.4 Å². The second kappa shape index (κ2) is 13.8. The molecule has 12 nitrogen and oxygen atoms in total. The lowest BCUT2D eigenvalue weighted by Gasteiger charge is -2.36. The van der Waals surface area contributed by atoms with Crippen molar-refractivity contribution in [1.82, 2.24) is 34.7 Å². The van der Waals surface area contributed by atoms with E-state index in [0.717, 1.165) is 0 Å². The van der Waals surface area contributed by atoms with E-state index in [1.54, 1.807) is 12.1 Å². The largest absolute Gasteiger partial charge is 0.467 e. The number of amides is 1. The number of anilines is 2. The molecule has 1 amide bonds. The van der Waals surface area contributed by atoms with Crippen molar-refractivity contribution in [2.24, 2.45) is 7.05 Å². The molecule has 0 radical (unpaired) electrons. The summed E-state index contributed by atoms with van der Waals surface area (Å²) in [6.45, 7) is -1.09. The Morgan fingerprint density at radius 1 is 1.09 bits per heavy atom. The van der Waals surface area contributed by atoms with Crippen molar-refractivity contribution in [3.8, 4) is 28.5 Å². The third-order valence-corrected chi connectivity index (χ3v) is 7.44. The molecule has 1 fully saturated rings. The molecule has 18 heteroatoms. The molecule has 244 valence electrons. The number of rotatable bonds is 9. The highest BCUT2D eigenvalue weighted by molar-refractivity contribution is 6.32. The van der Waals surface area contributed by atoms with E-state index in [2.05, 4.69) is 35.3 Å². The molecule has 0 atom stereocenters. The summed E-state index contributed by atoms with van der Waals surface area (Å²) in [5, 5.41) is 7.09. The number of carbonyl (C=O) groups excluding carboxylic acids is 1. The number of carbonyl (C=O) groups is 1. The molecule has 1 N–H and O–H groups in total. The van der Waals surface area contributed by atoms with Gasteiger partial charge in [0.2, 0.25) is 5.95 Å². The van der Waals surface area contributed by atoms with Crippen LogP contribution in [0.15, 0.2) is 43.1 Å². The highest BCUT2D eigenvalue weighted by Crippen LogP contribution is 2.38. The SMILES string of the molecule is COc1ncc(-c2ccnc(N(C(=O)OCC(F)F)[C@H]3CC[C@H](Nc4ncc(C(F)(F)F)c(-c5nn(C)cc5Cl)n4)CC3)c2)cn1. The van der Waals surface area contributed by atoms with Gasteiger partial charge in [-0.25, -0.2) is 38.5 Å². The number of aryl methyl sites for hydroxylation is 1. The van der Waals surface area contributed by atoms with Crippen LogP contribution in [0.3, 0.4) is 0 Å². The van der Waals surface area contributed by atoms with Gasteiger partial charge in [0.15, 0.2) is 6.61 Å². The van der Waals surface area contributed by atoms with Crippen LogP contribution in [0, 0.1) is 0 Å². The van der Waals surface area contributed by atoms with Crippen LogP contribution in [0.4, 0.5) is 38.5 Å². The van der Waals surface area contributed by atoms with Gasteiger partial charge in [0, 0.05) is 55.7 Å². The molecule has 46 heavy (non-hydrogen) atoms. The molecule has 4 aromatic rings. The molecule has 0 aliphatic heterocycles. The lowest BCUT2D eigenvalue weighted by atomic mass is 9.90. The third kappa shape index (κ3) is 7.58. The van der Waals surface area contributed by atoms with Crippen LogP contribution in [-0.4, -0.2) is 73.0 Å². The van der Waals surface area contributed by atoms with E-state index in [-0.39, 0.29) is 34.5 Å². The second-order valence-corrected chi connectivity index (χ2v) is 10.7. The first-order valence-corrected chi connectivity index (χ1v) is 14.3. The van der Waals surface area contributed by atoms with Crippen LogP contribution in [0.5, 0.6) is 6.01 Å². The predicted octanol–water partition coefficient (Wildman–Crippen LogP) is 6.04. The highest BCUT2D eigenvalue weighted by Gasteiger charge is 2.37. The Bertz CT molecular complexity index is 1670. The van der Waals surface area contributed by atoms with E-state index >= 15 is 0 Å². The average molecular weight is 668 g/mol. The van der Waals surface area contributed by atoms with Gasteiger partial charge in [0.1, 0.15) is 22.8 Å². The zero-order chi connectivity index (χ0) is 33.0. The summed E-state index contributed by atoms with van der Waals surface area (Å²) >= 11 is 6.13. The first-order chi connectivity index (χ1) is 21.9. The van der Waals surface area contributed by atoms with Crippen LogP contribution in [0.2, 0.25) is 5.02 Å². The van der Waals surface area contributed by atoms with E-state index in [4.69, 9.17) is 21.1 Å². The van der Waals surface area contributed by atoms with Crippen LogP contribution in [-0.2, 0) is 18.0 Å². The zero-order valence-corrected chi connectivity index (χ0v) is 25.1. The molecular weight excluding hydrogens is 641 g/mol. The number of alkyl halides is 5. The topological polar surface area (TPSA) is 133 Å². The summed E-state index contributed by atoms with van der Waals surface area (Å²) in [6.07, 6.45) is -0.448. The minimum atomic E-state index is -4.75. The van der Waals surface area contributed by atoms with Crippen LogP contribution >= 0.6 is 11.6 Å². The Hall–Kier alpha value is -4.67. The molecule has 1 aliphatic rings. The zero-order valence-electron chi connectivity index (χ0n) is 24.4. The number of pyridine rings is 1. The minimum Gasteiger partial charge on any atom is -0.467 e. The number of hydrogen-bond donors (Lipinski definition) is 1. The number of aromatic nitrogens is 7. The first-order valence-electron chi connectivity index (χ1n) is 13.9. The van der Waals surface area contributed by atoms with Gasteiger partial charge in [-0.3, -0.25) is 9.58 Å². The molecular formula is C28H27ClF5N9O3. The van der Waals surface area contributed by atoms with Gasteiger partial charge in [-0.2, -0.15) is 18.3 Å². The first kappa shape index (κ1) is 32.7. The summed E-state index contributed by atoms with van der Waals surface area (Å²) in [5.41, 5.74) is -0.486. The third-order valence-electron chi connectivity index (χ3n) is 7.16. The molecule has 0 unspecified atom stereocenters. The van der Waals surface area contributed by atoms with Gasteiger partial charge in [-0.05, 0) is 43.4 Å². The molecule has 4 heterocycles. The molecule has 1 saturated carbocycles. The van der Waals surface area contributed by atoms with E-state index in [0.29, 0.717) is 43.0 Å². The van der Waals surface area contributed by atoms with Crippen molar-refractivity contribution in [1.29, 1.82) is 0 Å². The molecule has 5 rings (SSSR count). The Labute approximate surface area is 264 Å². The van der Waals surface area contributed by atoms with Crippen molar-refractivity contribution in [3.05, 3.63) is 53.7 Å². The monoisotopic (exact) mass is 667 g/mol. The quantitative estimate of drug-likeness (QED) is 0.211. The average Bonchev–Trinajstić information content (AvgIpc) is 3.38. The van der Waals surface area contributed by atoms with Gasteiger partial charge in [-0.15, -0.1) is 0 Å². The smallest absolute Gasteiger partial charge is 0.420 e. The number of halogens is 6. The van der Waals surface area contributed by atoms with Crippen LogP contribution < -0.4 is 15.0 Å². The van der Waals surface area contributed by atoms with E-state index in [1.165, 1.54) is 48.5 Å². The fourth-order valence-corrected chi connectivity index (χ4v) is 5.32. The summed E-state index contributed by atoms with van der Waals surface area (Å²) < 4.78 is 78.3. The van der Waals surface area contributed by atoms with Crippen LogP contribution in [0.25, 0.3) is 22.5 Å². The minimum absolute atomic E-state index is 0.00540. The Kier molecular flexibility index (Phi) is 9.79. The van der Waals surface area contributed by atoms with Crippen molar-refractivity contribution in [2.75, 3.05) is 23.9 Å². The number of hydrogen-bond acceptors (Lipinski definition) is 10. The van der Waals surface area contributed by atoms with Crippen molar-refractivity contribution < 1.29 is 36.2 Å². The summed E-state index contributed by atoms with van der Waals surface area (Å²) in [7, 11) is 2.95. The maximum absolute atomic E-state index is 13.8. The number of nitrogens with one attached hydrogen (secondary N) is 1. The number of ether oxygens (including phenoxy) is 2.